The predicted molar refractivity (Wildman–Crippen MR) is 71.6 cm³/mol. The molecule has 17 heavy (non-hydrogen) atoms. The van der Waals surface area contributed by atoms with Gasteiger partial charge < -0.3 is 5.32 Å². The molecule has 0 atom stereocenters. The van der Waals surface area contributed by atoms with E-state index in [0.717, 1.165) is 22.2 Å². The zero-order chi connectivity index (χ0) is 12.3. The Bertz CT molecular complexity index is 512. The van der Waals surface area contributed by atoms with Crippen LogP contribution in [-0.2, 0) is 0 Å². The molecule has 0 aliphatic heterocycles. The molecule has 1 aromatic heterocycles. The van der Waals surface area contributed by atoms with E-state index < -0.39 is 0 Å². The minimum atomic E-state index is 0.796. The monoisotopic (exact) mass is 245 g/mol. The Kier molecular flexibility index (Phi) is 3.64. The summed E-state index contributed by atoms with van der Waals surface area (Å²) in [4.78, 5) is 11.1. The number of aryl methyl sites for hydroxylation is 2. The smallest absolute Gasteiger partial charge is 0.143 e. The van der Waals surface area contributed by atoms with Crippen LogP contribution < -0.4 is 5.32 Å². The maximum atomic E-state index is 4.41. The Morgan fingerprint density at radius 1 is 1.06 bits per heavy atom. The van der Waals surface area contributed by atoms with Crippen molar-refractivity contribution in [2.75, 3.05) is 12.4 Å². The van der Waals surface area contributed by atoms with Crippen molar-refractivity contribution in [2.24, 2.45) is 0 Å². The van der Waals surface area contributed by atoms with Gasteiger partial charge in [0.15, 0.2) is 0 Å². The van der Waals surface area contributed by atoms with Crippen molar-refractivity contribution in [3.05, 3.63) is 41.9 Å². The van der Waals surface area contributed by atoms with Gasteiger partial charge in [-0.25, -0.2) is 9.97 Å². The fourth-order valence-electron chi connectivity index (χ4n) is 1.60. The first-order valence-corrected chi connectivity index (χ1v) is 6.28. The van der Waals surface area contributed by atoms with Gasteiger partial charge in [-0.1, -0.05) is 30.0 Å². The molecule has 0 aliphatic carbocycles. The molecule has 0 unspecified atom stereocenters. The predicted octanol–water partition coefficient (Wildman–Crippen LogP) is 3.29. The molecule has 1 aromatic carbocycles. The van der Waals surface area contributed by atoms with Gasteiger partial charge in [0.25, 0.3) is 0 Å². The van der Waals surface area contributed by atoms with Crippen molar-refractivity contribution in [3.8, 4) is 0 Å². The minimum Gasteiger partial charge on any atom is -0.372 e. The van der Waals surface area contributed by atoms with Gasteiger partial charge in [0.05, 0.1) is 10.6 Å². The normalized spacial score (nSPS) is 10.3. The van der Waals surface area contributed by atoms with Gasteiger partial charge in [-0.05, 0) is 26.0 Å². The summed E-state index contributed by atoms with van der Waals surface area (Å²) in [6, 6.07) is 10.3. The Morgan fingerprint density at radius 3 is 2.41 bits per heavy atom. The van der Waals surface area contributed by atoms with Crippen LogP contribution in [0.4, 0.5) is 5.82 Å². The standard InChI is InChI=1S/C13H15N3S/c1-9-12(13(14-3)16-10(2)15-9)17-11-7-5-4-6-8-11/h4-8H,1-3H3,(H,14,15,16). The molecule has 0 saturated carbocycles. The number of hydrogen-bond acceptors (Lipinski definition) is 4. The van der Waals surface area contributed by atoms with E-state index in [-0.39, 0.29) is 0 Å². The Balaban J connectivity index is 2.38. The van der Waals surface area contributed by atoms with E-state index in [0.29, 0.717) is 0 Å². The summed E-state index contributed by atoms with van der Waals surface area (Å²) in [5.41, 5.74) is 1.01. The highest BCUT2D eigenvalue weighted by Gasteiger charge is 2.10. The molecule has 88 valence electrons. The maximum absolute atomic E-state index is 4.41. The molecule has 0 radical (unpaired) electrons. The van der Waals surface area contributed by atoms with Crippen molar-refractivity contribution >= 4 is 17.6 Å². The van der Waals surface area contributed by atoms with Gasteiger partial charge in [-0.3, -0.25) is 0 Å². The lowest BCUT2D eigenvalue weighted by Crippen LogP contribution is -2.01. The van der Waals surface area contributed by atoms with Gasteiger partial charge in [-0.2, -0.15) is 0 Å². The molecule has 0 amide bonds. The number of rotatable bonds is 3. The van der Waals surface area contributed by atoms with E-state index in [9.17, 15) is 0 Å². The summed E-state index contributed by atoms with van der Waals surface area (Å²) < 4.78 is 0. The summed E-state index contributed by atoms with van der Waals surface area (Å²) in [5, 5.41) is 3.13. The Morgan fingerprint density at radius 2 is 1.76 bits per heavy atom. The van der Waals surface area contributed by atoms with Gasteiger partial charge in [-0.15, -0.1) is 0 Å². The van der Waals surface area contributed by atoms with E-state index in [1.807, 2.05) is 39.1 Å². The third-order valence-corrected chi connectivity index (χ3v) is 3.55. The molecule has 1 N–H and O–H groups in total. The van der Waals surface area contributed by atoms with Crippen LogP contribution in [0.1, 0.15) is 11.5 Å². The van der Waals surface area contributed by atoms with Crippen molar-refractivity contribution in [3.63, 3.8) is 0 Å². The van der Waals surface area contributed by atoms with Crippen molar-refractivity contribution in [1.29, 1.82) is 0 Å². The van der Waals surface area contributed by atoms with Crippen LogP contribution in [-0.4, -0.2) is 17.0 Å². The molecule has 0 aliphatic rings. The molecule has 4 heteroatoms. The highest BCUT2D eigenvalue weighted by atomic mass is 32.2. The molecule has 0 bridgehead atoms. The van der Waals surface area contributed by atoms with Crippen molar-refractivity contribution in [2.45, 2.75) is 23.6 Å². The summed E-state index contributed by atoms with van der Waals surface area (Å²) in [6.07, 6.45) is 0. The summed E-state index contributed by atoms with van der Waals surface area (Å²) in [5.74, 6) is 1.69. The van der Waals surface area contributed by atoms with Gasteiger partial charge in [0.2, 0.25) is 0 Å². The second kappa shape index (κ2) is 5.19. The summed E-state index contributed by atoms with van der Waals surface area (Å²) in [7, 11) is 1.89. The fourth-order valence-corrected chi connectivity index (χ4v) is 2.57. The lowest BCUT2D eigenvalue weighted by Gasteiger charge is -2.11. The van der Waals surface area contributed by atoms with Crippen LogP contribution in [0.15, 0.2) is 40.1 Å². The number of aromatic nitrogens is 2. The highest BCUT2D eigenvalue weighted by molar-refractivity contribution is 7.99. The molecule has 0 fully saturated rings. The first kappa shape index (κ1) is 11.9. The van der Waals surface area contributed by atoms with Crippen molar-refractivity contribution in [1.82, 2.24) is 9.97 Å². The van der Waals surface area contributed by atoms with Crippen LogP contribution in [0.5, 0.6) is 0 Å². The van der Waals surface area contributed by atoms with E-state index in [1.165, 1.54) is 4.90 Å². The van der Waals surface area contributed by atoms with Gasteiger partial charge in [0, 0.05) is 11.9 Å². The zero-order valence-corrected chi connectivity index (χ0v) is 11.0. The minimum absolute atomic E-state index is 0.796. The molecular weight excluding hydrogens is 230 g/mol. The molecule has 2 rings (SSSR count). The van der Waals surface area contributed by atoms with E-state index in [2.05, 4.69) is 27.4 Å². The van der Waals surface area contributed by atoms with Crippen molar-refractivity contribution < 1.29 is 0 Å². The second-order valence-electron chi connectivity index (χ2n) is 3.70. The Labute approximate surface area is 106 Å². The number of anilines is 1. The Hall–Kier alpha value is -1.55. The van der Waals surface area contributed by atoms with E-state index in [1.54, 1.807) is 11.8 Å². The van der Waals surface area contributed by atoms with Gasteiger partial charge in [0.1, 0.15) is 11.6 Å². The van der Waals surface area contributed by atoms with Crippen LogP contribution in [0, 0.1) is 13.8 Å². The van der Waals surface area contributed by atoms with E-state index >= 15 is 0 Å². The quantitative estimate of drug-likeness (QED) is 0.900. The van der Waals surface area contributed by atoms with Gasteiger partial charge >= 0.3 is 0 Å². The third kappa shape index (κ3) is 2.77. The maximum Gasteiger partial charge on any atom is 0.143 e. The molecule has 2 aromatic rings. The molecular formula is C13H15N3S. The zero-order valence-electron chi connectivity index (χ0n) is 10.2. The lowest BCUT2D eigenvalue weighted by molar-refractivity contribution is 0.961. The number of benzene rings is 1. The van der Waals surface area contributed by atoms with Crippen LogP contribution in [0.3, 0.4) is 0 Å². The molecule has 3 nitrogen and oxygen atoms in total. The third-order valence-electron chi connectivity index (χ3n) is 2.35. The lowest BCUT2D eigenvalue weighted by atomic mass is 10.4. The highest BCUT2D eigenvalue weighted by Crippen LogP contribution is 2.33. The largest absolute Gasteiger partial charge is 0.372 e. The van der Waals surface area contributed by atoms with E-state index in [4.69, 9.17) is 0 Å². The summed E-state index contributed by atoms with van der Waals surface area (Å²) in [6.45, 7) is 3.92. The average molecular weight is 245 g/mol. The second-order valence-corrected chi connectivity index (χ2v) is 4.78. The molecule has 0 saturated heterocycles. The van der Waals surface area contributed by atoms with Crippen LogP contribution >= 0.6 is 11.8 Å². The number of nitrogens with zero attached hydrogens (tertiary/aromatic N) is 2. The molecule has 0 spiro atoms. The SMILES string of the molecule is CNc1nc(C)nc(C)c1Sc1ccccc1. The first-order chi connectivity index (χ1) is 8.20. The first-order valence-electron chi connectivity index (χ1n) is 5.46. The number of hydrogen-bond donors (Lipinski definition) is 1. The number of nitrogens with one attached hydrogen (secondary N) is 1. The van der Waals surface area contributed by atoms with Crippen LogP contribution in [0.25, 0.3) is 0 Å². The average Bonchev–Trinajstić information content (AvgIpc) is 2.33. The summed E-state index contributed by atoms with van der Waals surface area (Å²) >= 11 is 1.69. The molecule has 1 heterocycles. The van der Waals surface area contributed by atoms with Crippen LogP contribution in [0.2, 0.25) is 0 Å². The fraction of sp³-hybridized carbons (Fsp3) is 0.231. The topological polar surface area (TPSA) is 37.8 Å².